The molecule has 21 heavy (non-hydrogen) atoms. The number of amides is 1. The average molecular weight is 289 g/mol. The van der Waals surface area contributed by atoms with E-state index in [9.17, 15) is 9.90 Å². The fourth-order valence-electron chi connectivity index (χ4n) is 2.94. The van der Waals surface area contributed by atoms with Crippen molar-refractivity contribution in [3.8, 4) is 0 Å². The van der Waals surface area contributed by atoms with E-state index >= 15 is 0 Å². The van der Waals surface area contributed by atoms with Gasteiger partial charge < -0.3 is 20.6 Å². The van der Waals surface area contributed by atoms with Crippen molar-refractivity contribution in [2.75, 3.05) is 29.9 Å². The van der Waals surface area contributed by atoms with Crippen molar-refractivity contribution >= 4 is 17.3 Å². The minimum absolute atomic E-state index is 0.0238. The van der Waals surface area contributed by atoms with Crippen LogP contribution in [0.15, 0.2) is 18.2 Å². The Kier molecular flexibility index (Phi) is 4.12. The molecule has 1 aliphatic heterocycles. The van der Waals surface area contributed by atoms with Gasteiger partial charge in [-0.05, 0) is 37.9 Å². The molecule has 1 unspecified atom stereocenters. The number of carbonyl (C=O) groups excluding carboxylic acids is 1. The molecule has 1 saturated carbocycles. The summed E-state index contributed by atoms with van der Waals surface area (Å²) >= 11 is 0. The monoisotopic (exact) mass is 289 g/mol. The van der Waals surface area contributed by atoms with E-state index in [1.54, 1.807) is 0 Å². The van der Waals surface area contributed by atoms with Gasteiger partial charge in [0.15, 0.2) is 0 Å². The number of hydrogen-bond acceptors (Lipinski definition) is 4. The molecule has 1 heterocycles. The quantitative estimate of drug-likeness (QED) is 0.714. The van der Waals surface area contributed by atoms with E-state index in [0.29, 0.717) is 12.6 Å². The van der Waals surface area contributed by atoms with Crippen molar-refractivity contribution in [3.63, 3.8) is 0 Å². The fourth-order valence-corrected chi connectivity index (χ4v) is 2.94. The first-order valence-electron chi connectivity index (χ1n) is 7.80. The number of carbonyl (C=O) groups is 1. The second kappa shape index (κ2) is 6.03. The van der Waals surface area contributed by atoms with Gasteiger partial charge in [0, 0.05) is 29.5 Å². The molecule has 3 rings (SSSR count). The highest BCUT2D eigenvalue weighted by Gasteiger charge is 2.32. The highest BCUT2D eigenvalue weighted by atomic mass is 16.3. The van der Waals surface area contributed by atoms with E-state index in [2.05, 4.69) is 28.5 Å². The van der Waals surface area contributed by atoms with Crippen LogP contribution >= 0.6 is 0 Å². The summed E-state index contributed by atoms with van der Waals surface area (Å²) < 4.78 is 0. The number of benzene rings is 1. The molecular weight excluding hydrogens is 266 g/mol. The average Bonchev–Trinajstić information content (AvgIpc) is 3.26. The number of aliphatic hydroxyl groups is 1. The number of nitrogens with zero attached hydrogens (tertiary/aromatic N) is 1. The molecule has 5 nitrogen and oxygen atoms in total. The van der Waals surface area contributed by atoms with Crippen LogP contribution in [0.25, 0.3) is 0 Å². The van der Waals surface area contributed by atoms with E-state index in [-0.39, 0.29) is 18.6 Å². The SMILES string of the molecule is CCCNC1C(=O)Nc2cc(N(CCO)C3CC3)ccc21. The topological polar surface area (TPSA) is 64.6 Å². The van der Waals surface area contributed by atoms with E-state index in [1.165, 1.54) is 12.8 Å². The molecule has 1 aromatic rings. The zero-order valence-corrected chi connectivity index (χ0v) is 12.4. The molecule has 1 atom stereocenters. The molecule has 1 fully saturated rings. The lowest BCUT2D eigenvalue weighted by Crippen LogP contribution is -2.28. The van der Waals surface area contributed by atoms with Crippen LogP contribution in [0, 0.1) is 0 Å². The van der Waals surface area contributed by atoms with E-state index in [4.69, 9.17) is 0 Å². The molecule has 1 amide bonds. The molecule has 0 saturated heterocycles. The Labute approximate surface area is 125 Å². The summed E-state index contributed by atoms with van der Waals surface area (Å²) in [5.41, 5.74) is 3.01. The lowest BCUT2D eigenvalue weighted by atomic mass is 10.1. The first-order valence-corrected chi connectivity index (χ1v) is 7.80. The fraction of sp³-hybridized carbons (Fsp3) is 0.562. The molecular formula is C16H23N3O2. The largest absolute Gasteiger partial charge is 0.395 e. The second-order valence-electron chi connectivity index (χ2n) is 5.80. The zero-order chi connectivity index (χ0) is 14.8. The van der Waals surface area contributed by atoms with Crippen LogP contribution in [0.2, 0.25) is 0 Å². The molecule has 5 heteroatoms. The third-order valence-corrected chi connectivity index (χ3v) is 4.13. The summed E-state index contributed by atoms with van der Waals surface area (Å²) in [6, 6.07) is 6.44. The Balaban J connectivity index is 1.82. The lowest BCUT2D eigenvalue weighted by molar-refractivity contribution is -0.117. The van der Waals surface area contributed by atoms with Gasteiger partial charge in [0.2, 0.25) is 5.91 Å². The molecule has 0 aromatic heterocycles. The highest BCUT2D eigenvalue weighted by Crippen LogP contribution is 2.37. The van der Waals surface area contributed by atoms with Gasteiger partial charge in [-0.3, -0.25) is 4.79 Å². The van der Waals surface area contributed by atoms with Crippen LogP contribution < -0.4 is 15.5 Å². The maximum Gasteiger partial charge on any atom is 0.246 e. The van der Waals surface area contributed by atoms with Gasteiger partial charge in [0.1, 0.15) is 6.04 Å². The highest BCUT2D eigenvalue weighted by molar-refractivity contribution is 6.03. The minimum Gasteiger partial charge on any atom is -0.395 e. The maximum atomic E-state index is 12.1. The van der Waals surface area contributed by atoms with E-state index in [0.717, 1.165) is 29.9 Å². The van der Waals surface area contributed by atoms with Crippen LogP contribution in [0.4, 0.5) is 11.4 Å². The van der Waals surface area contributed by atoms with Gasteiger partial charge in [-0.2, -0.15) is 0 Å². The maximum absolute atomic E-state index is 12.1. The predicted molar refractivity (Wildman–Crippen MR) is 83.6 cm³/mol. The number of rotatable bonds is 7. The first-order chi connectivity index (χ1) is 10.2. The van der Waals surface area contributed by atoms with Gasteiger partial charge in [0.05, 0.1) is 6.61 Å². The Hall–Kier alpha value is -1.59. The van der Waals surface area contributed by atoms with Crippen molar-refractivity contribution in [3.05, 3.63) is 23.8 Å². The third kappa shape index (κ3) is 2.89. The standard InChI is InChI=1S/C16H23N3O2/c1-2-7-17-15-13-6-5-12(10-14(13)18-16(15)21)19(8-9-20)11-3-4-11/h5-6,10-11,15,17,20H,2-4,7-9H2,1H3,(H,18,21). The van der Waals surface area contributed by atoms with Crippen molar-refractivity contribution in [2.24, 2.45) is 0 Å². The van der Waals surface area contributed by atoms with Gasteiger partial charge in [0.25, 0.3) is 0 Å². The van der Waals surface area contributed by atoms with Crippen molar-refractivity contribution in [1.82, 2.24) is 5.32 Å². The molecule has 2 aliphatic rings. The molecule has 1 aliphatic carbocycles. The first kappa shape index (κ1) is 14.4. The summed E-state index contributed by atoms with van der Waals surface area (Å²) in [7, 11) is 0. The molecule has 0 bridgehead atoms. The van der Waals surface area contributed by atoms with Crippen molar-refractivity contribution in [2.45, 2.75) is 38.3 Å². The van der Waals surface area contributed by atoms with Crippen molar-refractivity contribution in [1.29, 1.82) is 0 Å². The zero-order valence-electron chi connectivity index (χ0n) is 12.4. The smallest absolute Gasteiger partial charge is 0.246 e. The van der Waals surface area contributed by atoms with Gasteiger partial charge in [-0.1, -0.05) is 13.0 Å². The minimum atomic E-state index is -0.235. The summed E-state index contributed by atoms with van der Waals surface area (Å²) in [6.07, 6.45) is 3.37. The normalized spacial score (nSPS) is 20.3. The third-order valence-electron chi connectivity index (χ3n) is 4.13. The van der Waals surface area contributed by atoms with Crippen LogP contribution in [0.5, 0.6) is 0 Å². The van der Waals surface area contributed by atoms with Crippen molar-refractivity contribution < 1.29 is 9.90 Å². The molecule has 3 N–H and O–H groups in total. The van der Waals surface area contributed by atoms with E-state index < -0.39 is 0 Å². The summed E-state index contributed by atoms with van der Waals surface area (Å²) in [5.74, 6) is 0.0238. The number of fused-ring (bicyclic) bond motifs is 1. The summed E-state index contributed by atoms with van der Waals surface area (Å²) in [5, 5.41) is 15.5. The molecule has 114 valence electrons. The van der Waals surface area contributed by atoms with Gasteiger partial charge in [-0.25, -0.2) is 0 Å². The Bertz CT molecular complexity index is 528. The van der Waals surface area contributed by atoms with Crippen LogP contribution in [0.3, 0.4) is 0 Å². The molecule has 0 spiro atoms. The van der Waals surface area contributed by atoms with Crippen LogP contribution in [0.1, 0.15) is 37.8 Å². The van der Waals surface area contributed by atoms with Gasteiger partial charge >= 0.3 is 0 Å². The second-order valence-corrected chi connectivity index (χ2v) is 5.80. The lowest BCUT2D eigenvalue weighted by Gasteiger charge is -2.24. The Morgan fingerprint density at radius 1 is 1.43 bits per heavy atom. The van der Waals surface area contributed by atoms with Crippen LogP contribution in [-0.2, 0) is 4.79 Å². The summed E-state index contributed by atoms with van der Waals surface area (Å²) in [6.45, 7) is 3.72. The number of hydrogen-bond donors (Lipinski definition) is 3. The number of anilines is 2. The number of nitrogens with one attached hydrogen (secondary N) is 2. The van der Waals surface area contributed by atoms with E-state index in [1.807, 2.05) is 12.1 Å². The number of aliphatic hydroxyl groups excluding tert-OH is 1. The van der Waals surface area contributed by atoms with Crippen LogP contribution in [-0.4, -0.2) is 36.8 Å². The molecule has 1 aromatic carbocycles. The Morgan fingerprint density at radius 2 is 2.24 bits per heavy atom. The Morgan fingerprint density at radius 3 is 2.90 bits per heavy atom. The summed E-state index contributed by atoms with van der Waals surface area (Å²) in [4.78, 5) is 14.3. The predicted octanol–water partition coefficient (Wildman–Crippen LogP) is 1.64. The molecule has 0 radical (unpaired) electrons. The van der Waals surface area contributed by atoms with Gasteiger partial charge in [-0.15, -0.1) is 0 Å².